The van der Waals surface area contributed by atoms with Crippen LogP contribution >= 0.6 is 0 Å². The summed E-state index contributed by atoms with van der Waals surface area (Å²) < 4.78 is 0. The molecule has 1 nitrogen and oxygen atoms in total. The van der Waals surface area contributed by atoms with Gasteiger partial charge in [-0.1, -0.05) is 26.2 Å². The van der Waals surface area contributed by atoms with E-state index >= 15 is 0 Å². The largest absolute Gasteiger partial charge is 1.00 e. The van der Waals surface area contributed by atoms with Crippen molar-refractivity contribution in [1.29, 1.82) is 0 Å². The molecule has 0 aromatic carbocycles. The quantitative estimate of drug-likeness (QED) is 0.543. The fraction of sp³-hybridized carbons (Fsp3) is 1.00. The van der Waals surface area contributed by atoms with Gasteiger partial charge in [-0.15, -0.1) is 0 Å². The first-order valence-electron chi connectivity index (χ1n) is 3.02. The van der Waals surface area contributed by atoms with Crippen LogP contribution in [0.2, 0.25) is 0 Å². The minimum absolute atomic E-state index is 0. The van der Waals surface area contributed by atoms with Crippen LogP contribution in [0.5, 0.6) is 0 Å². The molecule has 0 atom stereocenters. The second kappa shape index (κ2) is 11.5. The second-order valence-corrected chi connectivity index (χ2v) is 1.78. The van der Waals surface area contributed by atoms with Gasteiger partial charge in [0.05, 0.1) is 0 Å². The molecule has 0 bridgehead atoms. The molecule has 0 unspecified atom stereocenters. The van der Waals surface area contributed by atoms with Crippen molar-refractivity contribution in [3.63, 3.8) is 0 Å². The van der Waals surface area contributed by atoms with Crippen LogP contribution in [0.4, 0.5) is 0 Å². The zero-order chi connectivity index (χ0) is 5.54. The first kappa shape index (κ1) is 12.4. The molecule has 0 aliphatic carbocycles. The van der Waals surface area contributed by atoms with E-state index in [1.54, 1.807) is 0 Å². The Bertz CT molecular complexity index is 32.2. The Hall–Kier alpha value is 1.77. The van der Waals surface area contributed by atoms with Crippen molar-refractivity contribution in [2.45, 2.75) is 32.6 Å². The molecule has 0 saturated carbocycles. The van der Waals surface area contributed by atoms with Crippen molar-refractivity contribution in [2.75, 3.05) is 6.61 Å². The van der Waals surface area contributed by atoms with E-state index in [0.717, 1.165) is 6.42 Å². The predicted octanol–water partition coefficient (Wildman–Crippen LogP) is -1.32. The molecule has 46 valence electrons. The molecule has 1 N–H and O–H groups in total. The third-order valence-corrected chi connectivity index (χ3v) is 1.01. The normalized spacial score (nSPS) is 8.25. The van der Waals surface area contributed by atoms with E-state index in [2.05, 4.69) is 6.92 Å². The summed E-state index contributed by atoms with van der Waals surface area (Å²) in [7, 11) is 0. The molecular weight excluding hydrogens is 174 g/mol. The van der Waals surface area contributed by atoms with Crippen LogP contribution in [0.25, 0.3) is 0 Å². The minimum atomic E-state index is 0. The molecule has 0 heterocycles. The van der Waals surface area contributed by atoms with Crippen molar-refractivity contribution in [3.05, 3.63) is 0 Å². The van der Waals surface area contributed by atoms with Crippen LogP contribution in [0, 0.1) is 0 Å². The molecule has 0 aliphatic heterocycles. The average molecular weight is 189 g/mol. The predicted molar refractivity (Wildman–Crippen MR) is 32.3 cm³/mol. The van der Waals surface area contributed by atoms with Crippen LogP contribution in [0.3, 0.4) is 0 Å². The molecular formula is C6H15ORb. The Morgan fingerprint density at radius 2 is 1.88 bits per heavy atom. The van der Waals surface area contributed by atoms with Gasteiger partial charge < -0.3 is 6.53 Å². The maximum absolute atomic E-state index is 8.29. The van der Waals surface area contributed by atoms with Crippen LogP contribution in [-0.4, -0.2) is 11.7 Å². The van der Waals surface area contributed by atoms with E-state index in [9.17, 15) is 0 Å². The van der Waals surface area contributed by atoms with Crippen LogP contribution in [0.15, 0.2) is 0 Å². The Morgan fingerprint density at radius 1 is 1.25 bits per heavy atom. The number of aliphatic hydroxyl groups is 1. The summed E-state index contributed by atoms with van der Waals surface area (Å²) >= 11 is 0. The van der Waals surface area contributed by atoms with Gasteiger partial charge >= 0.3 is 58.2 Å². The van der Waals surface area contributed by atoms with Gasteiger partial charge in [0.2, 0.25) is 0 Å². The number of aliphatic hydroxyl groups excluding tert-OH is 1. The fourth-order valence-corrected chi connectivity index (χ4v) is 0.539. The van der Waals surface area contributed by atoms with E-state index < -0.39 is 0 Å². The summed E-state index contributed by atoms with van der Waals surface area (Å²) in [6.07, 6.45) is 4.68. The third kappa shape index (κ3) is 10.7. The molecule has 0 aliphatic rings. The smallest absolute Gasteiger partial charge is 1.00 e. The maximum Gasteiger partial charge on any atom is 1.00 e. The Kier molecular flexibility index (Phi) is 18.0. The molecule has 0 rings (SSSR count). The van der Waals surface area contributed by atoms with Crippen molar-refractivity contribution in [3.8, 4) is 0 Å². The van der Waals surface area contributed by atoms with Crippen molar-refractivity contribution < 1.29 is 64.7 Å². The molecule has 0 radical (unpaired) electrons. The number of hydrogen-bond donors (Lipinski definition) is 1. The first-order valence-corrected chi connectivity index (χ1v) is 3.02. The molecule has 0 saturated heterocycles. The van der Waals surface area contributed by atoms with Crippen molar-refractivity contribution in [1.82, 2.24) is 0 Å². The number of rotatable bonds is 4. The Balaban J connectivity index is -0.000000180. The van der Waals surface area contributed by atoms with E-state index in [1.165, 1.54) is 19.3 Å². The molecule has 2 heteroatoms. The van der Waals surface area contributed by atoms with Crippen LogP contribution < -0.4 is 58.2 Å². The van der Waals surface area contributed by atoms with Gasteiger partial charge in [-0.3, -0.25) is 0 Å². The van der Waals surface area contributed by atoms with Gasteiger partial charge in [-0.05, 0) is 6.42 Å². The topological polar surface area (TPSA) is 20.2 Å². The third-order valence-electron chi connectivity index (χ3n) is 1.01. The second-order valence-electron chi connectivity index (χ2n) is 1.78. The summed E-state index contributed by atoms with van der Waals surface area (Å²) in [5.41, 5.74) is 0. The van der Waals surface area contributed by atoms with Crippen molar-refractivity contribution >= 4 is 0 Å². The first-order chi connectivity index (χ1) is 3.41. The van der Waals surface area contributed by atoms with Crippen molar-refractivity contribution in [2.24, 2.45) is 0 Å². The zero-order valence-corrected chi connectivity index (χ0v) is 10.9. The van der Waals surface area contributed by atoms with E-state index in [1.807, 2.05) is 0 Å². The molecule has 0 amide bonds. The molecule has 0 aromatic heterocycles. The summed E-state index contributed by atoms with van der Waals surface area (Å²) in [6.45, 7) is 2.53. The monoisotopic (exact) mass is 188 g/mol. The summed E-state index contributed by atoms with van der Waals surface area (Å²) in [6, 6.07) is 0. The molecule has 0 aromatic rings. The summed E-state index contributed by atoms with van der Waals surface area (Å²) in [5, 5.41) is 8.29. The Morgan fingerprint density at radius 3 is 2.25 bits per heavy atom. The van der Waals surface area contributed by atoms with Crippen LogP contribution in [0.1, 0.15) is 34.0 Å². The van der Waals surface area contributed by atoms with Gasteiger partial charge in [0.15, 0.2) is 0 Å². The van der Waals surface area contributed by atoms with Gasteiger partial charge in [0.1, 0.15) is 0 Å². The SMILES string of the molecule is CCCCCCO.[H-].[Rb+]. The number of unbranched alkanes of at least 4 members (excludes halogenated alkanes) is 3. The maximum atomic E-state index is 8.29. The van der Waals surface area contributed by atoms with E-state index in [0.29, 0.717) is 6.61 Å². The van der Waals surface area contributed by atoms with Gasteiger partial charge in [-0.2, -0.15) is 0 Å². The molecule has 0 spiro atoms. The summed E-state index contributed by atoms with van der Waals surface area (Å²) in [4.78, 5) is 0. The average Bonchev–Trinajstić information content (AvgIpc) is 1.69. The summed E-state index contributed by atoms with van der Waals surface area (Å²) in [5.74, 6) is 0. The fourth-order valence-electron chi connectivity index (χ4n) is 0.539. The van der Waals surface area contributed by atoms with Gasteiger partial charge in [0, 0.05) is 6.61 Å². The van der Waals surface area contributed by atoms with Gasteiger partial charge in [-0.25, -0.2) is 0 Å². The van der Waals surface area contributed by atoms with Gasteiger partial charge in [0.25, 0.3) is 0 Å². The minimum Gasteiger partial charge on any atom is -1.00 e. The molecule has 0 fully saturated rings. The van der Waals surface area contributed by atoms with E-state index in [-0.39, 0.29) is 59.6 Å². The van der Waals surface area contributed by atoms with E-state index in [4.69, 9.17) is 5.11 Å². The zero-order valence-electron chi connectivity index (χ0n) is 6.98. The standard InChI is InChI=1S/C6H14O.Rb.H/c1-2-3-4-5-6-7;;/h7H,2-6H2,1H3;;/q;+1;-1. The number of hydrogen-bond acceptors (Lipinski definition) is 1. The molecule has 8 heavy (non-hydrogen) atoms. The van der Waals surface area contributed by atoms with Crippen LogP contribution in [-0.2, 0) is 0 Å². The Labute approximate surface area is 102 Å².